The average Bonchev–Trinajstić information content (AvgIpc) is 3.33. The van der Waals surface area contributed by atoms with Crippen molar-refractivity contribution in [3.8, 4) is 34.0 Å². The van der Waals surface area contributed by atoms with Crippen molar-refractivity contribution in [2.75, 3.05) is 7.11 Å². The lowest BCUT2D eigenvalue weighted by Gasteiger charge is -2.19. The second kappa shape index (κ2) is 10.8. The molecule has 2 aromatic carbocycles. The molecule has 0 N–H and O–H groups in total. The van der Waals surface area contributed by atoms with Gasteiger partial charge in [-0.2, -0.15) is 4.98 Å². The minimum Gasteiger partial charge on any atom is -0.460 e. The van der Waals surface area contributed by atoms with Crippen molar-refractivity contribution < 1.29 is 18.8 Å². The average molecular weight is 486 g/mol. The number of hydrogen-bond acceptors (Lipinski definition) is 7. The van der Waals surface area contributed by atoms with Gasteiger partial charge in [0.15, 0.2) is 0 Å². The van der Waals surface area contributed by atoms with Gasteiger partial charge < -0.3 is 14.0 Å². The second-order valence-corrected chi connectivity index (χ2v) is 9.67. The maximum atomic E-state index is 12.0. The molecule has 0 fully saturated rings. The number of benzene rings is 2. The SMILES string of the molecule is COCc1cc(-c2nc(-c3ccc(CCC(=O)OC(C)(C)C)nc3)no2)ccc1-c1ccccc1C. The minimum absolute atomic E-state index is 0.238. The zero-order valence-electron chi connectivity index (χ0n) is 21.4. The number of carbonyl (C=O) groups is 1. The first-order valence-electron chi connectivity index (χ1n) is 11.9. The normalized spacial score (nSPS) is 11.5. The first-order chi connectivity index (χ1) is 17.2. The molecule has 4 aromatic rings. The molecule has 4 rings (SSSR count). The van der Waals surface area contributed by atoms with Crippen molar-refractivity contribution >= 4 is 5.97 Å². The molecule has 0 atom stereocenters. The second-order valence-electron chi connectivity index (χ2n) is 9.67. The molecule has 186 valence electrons. The molecule has 0 amide bonds. The Morgan fingerprint density at radius 1 is 1.00 bits per heavy atom. The van der Waals surface area contributed by atoms with E-state index in [1.807, 2.05) is 57.2 Å². The molecule has 7 heteroatoms. The molecule has 0 spiro atoms. The number of esters is 1. The van der Waals surface area contributed by atoms with Crippen LogP contribution in [0.25, 0.3) is 34.0 Å². The zero-order valence-corrected chi connectivity index (χ0v) is 21.4. The summed E-state index contributed by atoms with van der Waals surface area (Å²) in [6, 6.07) is 18.1. The van der Waals surface area contributed by atoms with Gasteiger partial charge in [-0.05, 0) is 74.2 Å². The monoisotopic (exact) mass is 485 g/mol. The summed E-state index contributed by atoms with van der Waals surface area (Å²) >= 11 is 0. The van der Waals surface area contributed by atoms with Crippen LogP contribution in [0.5, 0.6) is 0 Å². The van der Waals surface area contributed by atoms with E-state index in [2.05, 4.69) is 40.2 Å². The molecule has 7 nitrogen and oxygen atoms in total. The van der Waals surface area contributed by atoms with Crippen LogP contribution >= 0.6 is 0 Å². The van der Waals surface area contributed by atoms with Gasteiger partial charge in [-0.3, -0.25) is 9.78 Å². The lowest BCUT2D eigenvalue weighted by atomic mass is 9.94. The molecular formula is C29H31N3O4. The largest absolute Gasteiger partial charge is 0.460 e. The highest BCUT2D eigenvalue weighted by Crippen LogP contribution is 2.31. The van der Waals surface area contributed by atoms with E-state index in [1.54, 1.807) is 13.3 Å². The van der Waals surface area contributed by atoms with Gasteiger partial charge in [0.05, 0.1) is 13.0 Å². The maximum absolute atomic E-state index is 12.0. The Labute approximate surface area is 211 Å². The lowest BCUT2D eigenvalue weighted by molar-refractivity contribution is -0.154. The first kappa shape index (κ1) is 25.3. The van der Waals surface area contributed by atoms with E-state index >= 15 is 0 Å². The van der Waals surface area contributed by atoms with Gasteiger partial charge in [0.2, 0.25) is 5.82 Å². The Balaban J connectivity index is 1.50. The fourth-order valence-electron chi connectivity index (χ4n) is 3.92. The summed E-state index contributed by atoms with van der Waals surface area (Å²) in [5.41, 5.74) is 6.38. The number of pyridine rings is 1. The Morgan fingerprint density at radius 2 is 1.78 bits per heavy atom. The number of aromatic nitrogens is 3. The Bertz CT molecular complexity index is 1340. The molecule has 36 heavy (non-hydrogen) atoms. The Kier molecular flexibility index (Phi) is 7.60. The van der Waals surface area contributed by atoms with Crippen LogP contribution in [-0.4, -0.2) is 33.8 Å². The van der Waals surface area contributed by atoms with Crippen molar-refractivity contribution in [1.82, 2.24) is 15.1 Å². The van der Waals surface area contributed by atoms with Crippen LogP contribution in [0.2, 0.25) is 0 Å². The summed E-state index contributed by atoms with van der Waals surface area (Å²) in [4.78, 5) is 21.0. The van der Waals surface area contributed by atoms with Gasteiger partial charge in [0.1, 0.15) is 5.60 Å². The van der Waals surface area contributed by atoms with E-state index < -0.39 is 5.60 Å². The van der Waals surface area contributed by atoms with Gasteiger partial charge in [-0.1, -0.05) is 35.5 Å². The zero-order chi connectivity index (χ0) is 25.7. The third-order valence-electron chi connectivity index (χ3n) is 5.60. The predicted octanol–water partition coefficient (Wildman–Crippen LogP) is 6.19. The van der Waals surface area contributed by atoms with Crippen LogP contribution in [0.4, 0.5) is 0 Å². The number of rotatable bonds is 8. The van der Waals surface area contributed by atoms with E-state index in [1.165, 1.54) is 11.1 Å². The summed E-state index contributed by atoms with van der Waals surface area (Å²) in [5, 5.41) is 4.15. The third kappa shape index (κ3) is 6.23. The summed E-state index contributed by atoms with van der Waals surface area (Å²) in [7, 11) is 1.68. The summed E-state index contributed by atoms with van der Waals surface area (Å²) < 4.78 is 16.4. The fraction of sp³-hybridized carbons (Fsp3) is 0.310. The van der Waals surface area contributed by atoms with Gasteiger partial charge in [-0.25, -0.2) is 0 Å². The smallest absolute Gasteiger partial charge is 0.306 e. The first-order valence-corrected chi connectivity index (χ1v) is 11.9. The molecule has 0 aliphatic rings. The number of aryl methyl sites for hydroxylation is 2. The molecule has 0 radical (unpaired) electrons. The molecule has 2 heterocycles. The van der Waals surface area contributed by atoms with Crippen LogP contribution in [0.15, 0.2) is 65.3 Å². The van der Waals surface area contributed by atoms with E-state index in [9.17, 15) is 4.79 Å². The molecule has 0 aliphatic carbocycles. The van der Waals surface area contributed by atoms with E-state index in [-0.39, 0.29) is 12.4 Å². The van der Waals surface area contributed by atoms with Crippen molar-refractivity contribution in [3.63, 3.8) is 0 Å². The molecular weight excluding hydrogens is 454 g/mol. The topological polar surface area (TPSA) is 87.3 Å². The number of nitrogens with zero attached hydrogens (tertiary/aromatic N) is 3. The van der Waals surface area contributed by atoms with Crippen molar-refractivity contribution in [2.24, 2.45) is 0 Å². The van der Waals surface area contributed by atoms with Gasteiger partial charge in [0.25, 0.3) is 5.89 Å². The van der Waals surface area contributed by atoms with Crippen molar-refractivity contribution in [2.45, 2.75) is 52.7 Å². The summed E-state index contributed by atoms with van der Waals surface area (Å²) in [6.07, 6.45) is 2.47. The molecule has 0 unspecified atom stereocenters. The van der Waals surface area contributed by atoms with E-state index in [0.717, 1.165) is 27.9 Å². The Morgan fingerprint density at radius 3 is 2.47 bits per heavy atom. The summed E-state index contributed by atoms with van der Waals surface area (Å²) in [5.74, 6) is 0.637. The quantitative estimate of drug-likeness (QED) is 0.275. The van der Waals surface area contributed by atoms with Crippen LogP contribution < -0.4 is 0 Å². The highest BCUT2D eigenvalue weighted by atomic mass is 16.6. The van der Waals surface area contributed by atoms with Crippen molar-refractivity contribution in [1.29, 1.82) is 0 Å². The predicted molar refractivity (Wildman–Crippen MR) is 138 cm³/mol. The van der Waals surface area contributed by atoms with Crippen LogP contribution in [0, 0.1) is 6.92 Å². The van der Waals surface area contributed by atoms with Crippen molar-refractivity contribution in [3.05, 3.63) is 77.6 Å². The van der Waals surface area contributed by atoms with Gasteiger partial charge in [0, 0.05) is 36.5 Å². The maximum Gasteiger partial charge on any atom is 0.306 e. The molecule has 0 aliphatic heterocycles. The highest BCUT2D eigenvalue weighted by molar-refractivity contribution is 5.74. The number of hydrogen-bond donors (Lipinski definition) is 0. The standard InChI is InChI=1S/C29H31N3O4/c1-19-8-6-7-9-24(19)25-14-11-20(16-22(25)18-34-5)28-31-27(32-36-28)21-10-12-23(30-17-21)13-15-26(33)35-29(2,3)4/h6-12,14,16-17H,13,15,18H2,1-5H3. The molecule has 2 aromatic heterocycles. The van der Waals surface area contributed by atoms with Gasteiger partial charge in [-0.15, -0.1) is 0 Å². The van der Waals surface area contributed by atoms with Gasteiger partial charge >= 0.3 is 5.97 Å². The van der Waals surface area contributed by atoms with Crippen LogP contribution in [-0.2, 0) is 27.3 Å². The fourth-order valence-corrected chi connectivity index (χ4v) is 3.92. The number of methoxy groups -OCH3 is 1. The van der Waals surface area contributed by atoms with Crippen LogP contribution in [0.3, 0.4) is 0 Å². The van der Waals surface area contributed by atoms with E-state index in [0.29, 0.717) is 24.7 Å². The molecule has 0 saturated carbocycles. The summed E-state index contributed by atoms with van der Waals surface area (Å²) in [6.45, 7) is 8.13. The van der Waals surface area contributed by atoms with E-state index in [4.69, 9.17) is 14.0 Å². The minimum atomic E-state index is -0.490. The number of carbonyl (C=O) groups excluding carboxylic acids is 1. The third-order valence-corrected chi connectivity index (χ3v) is 5.60. The molecule has 0 bridgehead atoms. The highest BCUT2D eigenvalue weighted by Gasteiger charge is 2.17. The van der Waals surface area contributed by atoms with Crippen LogP contribution in [0.1, 0.15) is 44.0 Å². The molecule has 0 saturated heterocycles. The Hall–Kier alpha value is -3.84. The number of ether oxygens (including phenoxy) is 2. The lowest BCUT2D eigenvalue weighted by Crippen LogP contribution is -2.24.